The molecule has 4 rings (SSSR count). The summed E-state index contributed by atoms with van der Waals surface area (Å²) in [5.74, 6) is -0.735. The Kier molecular flexibility index (Phi) is 7.28. The van der Waals surface area contributed by atoms with Gasteiger partial charge in [-0.15, -0.1) is 0 Å². The summed E-state index contributed by atoms with van der Waals surface area (Å²) in [4.78, 5) is 15.2. The zero-order valence-electron chi connectivity index (χ0n) is 18.3. The average Bonchev–Trinajstić information content (AvgIpc) is 2.79. The number of hydrogen-bond donors (Lipinski definition) is 2. The fraction of sp³-hybridized carbons (Fsp3) is 0.308. The molecule has 33 heavy (non-hydrogen) atoms. The smallest absolute Gasteiger partial charge is 0.303 e. The van der Waals surface area contributed by atoms with Crippen LogP contribution in [0.15, 0.2) is 60.7 Å². The molecular formula is C26H26ClNO5. The first-order chi connectivity index (χ1) is 15.9. The van der Waals surface area contributed by atoms with Crippen molar-refractivity contribution in [1.29, 1.82) is 0 Å². The topological polar surface area (TPSA) is 88.9 Å². The number of aromatic hydroxyl groups is 1. The quantitative estimate of drug-likeness (QED) is 0.321. The normalized spacial score (nSPS) is 21.0. The van der Waals surface area contributed by atoms with Gasteiger partial charge >= 0.3 is 5.97 Å². The van der Waals surface area contributed by atoms with E-state index in [9.17, 15) is 9.90 Å². The fourth-order valence-corrected chi connectivity index (χ4v) is 4.28. The maximum atomic E-state index is 10.7. The van der Waals surface area contributed by atoms with Crippen LogP contribution in [0.1, 0.15) is 48.3 Å². The summed E-state index contributed by atoms with van der Waals surface area (Å²) in [6.45, 7) is 2.40. The number of ether oxygens (including phenoxy) is 2. The molecule has 0 unspecified atom stereocenters. The lowest BCUT2D eigenvalue weighted by atomic mass is 9.91. The van der Waals surface area contributed by atoms with Gasteiger partial charge in [-0.3, -0.25) is 4.79 Å². The van der Waals surface area contributed by atoms with Crippen LogP contribution >= 0.6 is 11.6 Å². The summed E-state index contributed by atoms with van der Waals surface area (Å²) < 4.78 is 12.4. The molecule has 172 valence electrons. The van der Waals surface area contributed by atoms with E-state index in [2.05, 4.69) is 4.98 Å². The van der Waals surface area contributed by atoms with Crippen molar-refractivity contribution in [3.63, 3.8) is 0 Å². The third kappa shape index (κ3) is 5.53. The highest BCUT2D eigenvalue weighted by Gasteiger charge is 2.35. The molecule has 1 aromatic heterocycles. The summed E-state index contributed by atoms with van der Waals surface area (Å²) in [6.07, 6.45) is 3.81. The van der Waals surface area contributed by atoms with Crippen LogP contribution in [0.3, 0.4) is 0 Å². The van der Waals surface area contributed by atoms with Gasteiger partial charge in [0.1, 0.15) is 10.9 Å². The maximum Gasteiger partial charge on any atom is 0.303 e. The fourth-order valence-electron chi connectivity index (χ4n) is 4.04. The van der Waals surface area contributed by atoms with Gasteiger partial charge in [-0.25, -0.2) is 4.98 Å². The highest BCUT2D eigenvalue weighted by atomic mass is 35.5. The molecular weight excluding hydrogens is 442 g/mol. The third-order valence-corrected chi connectivity index (χ3v) is 6.04. The van der Waals surface area contributed by atoms with E-state index in [0.29, 0.717) is 35.7 Å². The van der Waals surface area contributed by atoms with Gasteiger partial charge in [0.15, 0.2) is 6.29 Å². The molecule has 1 aliphatic heterocycles. The summed E-state index contributed by atoms with van der Waals surface area (Å²) in [5.41, 5.74) is 3.23. The number of nitrogens with zero attached hydrogens (tertiary/aromatic N) is 1. The first kappa shape index (κ1) is 23.2. The lowest BCUT2D eigenvalue weighted by Gasteiger charge is -2.37. The van der Waals surface area contributed by atoms with E-state index in [1.165, 1.54) is 0 Å². The summed E-state index contributed by atoms with van der Waals surface area (Å²) in [6, 6.07) is 15.0. The van der Waals surface area contributed by atoms with Crippen LogP contribution in [0.5, 0.6) is 5.75 Å². The Morgan fingerprint density at radius 1 is 1.18 bits per heavy atom. The zero-order valence-corrected chi connectivity index (χ0v) is 19.0. The van der Waals surface area contributed by atoms with Gasteiger partial charge in [-0.05, 0) is 44.0 Å². The number of carbonyl (C=O) groups is 1. The summed E-state index contributed by atoms with van der Waals surface area (Å²) in [5, 5.41) is 20.6. The first-order valence-corrected chi connectivity index (χ1v) is 11.3. The highest BCUT2D eigenvalue weighted by Crippen LogP contribution is 2.44. The van der Waals surface area contributed by atoms with Gasteiger partial charge in [0.2, 0.25) is 0 Å². The van der Waals surface area contributed by atoms with Gasteiger partial charge < -0.3 is 19.7 Å². The first-order valence-electron chi connectivity index (χ1n) is 10.9. The van der Waals surface area contributed by atoms with Gasteiger partial charge in [-0.2, -0.15) is 0 Å². The number of phenolic OH excluding ortho intramolecular Hbond substituents is 1. The van der Waals surface area contributed by atoms with Crippen molar-refractivity contribution < 1.29 is 24.5 Å². The van der Waals surface area contributed by atoms with Crippen molar-refractivity contribution in [2.24, 2.45) is 5.92 Å². The second kappa shape index (κ2) is 10.3. The molecule has 0 radical (unpaired) electrons. The molecule has 1 fully saturated rings. The van der Waals surface area contributed by atoms with Crippen molar-refractivity contribution in [3.8, 4) is 5.75 Å². The molecule has 2 aromatic carbocycles. The average molecular weight is 468 g/mol. The number of halogens is 1. The van der Waals surface area contributed by atoms with Crippen molar-refractivity contribution in [3.05, 3.63) is 82.5 Å². The largest absolute Gasteiger partial charge is 0.508 e. The van der Waals surface area contributed by atoms with Crippen molar-refractivity contribution in [2.45, 2.75) is 38.6 Å². The Labute approximate surface area is 197 Å². The second-order valence-electron chi connectivity index (χ2n) is 8.24. The minimum Gasteiger partial charge on any atom is -0.508 e. The number of hydrogen-bond acceptors (Lipinski definition) is 5. The van der Waals surface area contributed by atoms with Crippen LogP contribution in [-0.2, 0) is 14.3 Å². The Hall–Kier alpha value is -2.93. The van der Waals surface area contributed by atoms with Crippen LogP contribution in [0.2, 0.25) is 5.15 Å². The van der Waals surface area contributed by atoms with Gasteiger partial charge in [0.05, 0.1) is 18.2 Å². The Morgan fingerprint density at radius 2 is 2.00 bits per heavy atom. The van der Waals surface area contributed by atoms with E-state index in [1.807, 2.05) is 55.5 Å². The monoisotopic (exact) mass is 467 g/mol. The number of benzene rings is 2. The van der Waals surface area contributed by atoms with E-state index in [-0.39, 0.29) is 18.1 Å². The van der Waals surface area contributed by atoms with Gasteiger partial charge in [0.25, 0.3) is 0 Å². The molecule has 3 atom stereocenters. The number of phenols is 1. The standard InChI is InChI=1S/C26H26ClNO5/c1-16-11-12-21-18(13-16)14-20(25(27)28-21)26-32-15-17(7-3-2-4-10-23(30)31)24(33-26)19-8-5-6-9-22(19)29/h2-3,5-6,8-9,11-14,17,24,26,29H,4,7,10,15H2,1H3,(H,30,31)/t17-,24+,26+/m1/s1. The Morgan fingerprint density at radius 3 is 2.79 bits per heavy atom. The lowest BCUT2D eigenvalue weighted by Crippen LogP contribution is -2.30. The van der Waals surface area contributed by atoms with Crippen LogP contribution in [0.4, 0.5) is 0 Å². The second-order valence-corrected chi connectivity index (χ2v) is 8.60. The predicted octanol–water partition coefficient (Wildman–Crippen LogP) is 6.12. The molecule has 7 heteroatoms. The van der Waals surface area contributed by atoms with Crippen molar-refractivity contribution >= 4 is 28.5 Å². The number of carboxylic acid groups (broad SMARTS) is 1. The molecule has 0 bridgehead atoms. The predicted molar refractivity (Wildman–Crippen MR) is 126 cm³/mol. The summed E-state index contributed by atoms with van der Waals surface area (Å²) in [7, 11) is 0. The minimum absolute atomic E-state index is 0.0648. The number of fused-ring (bicyclic) bond motifs is 1. The molecule has 2 N–H and O–H groups in total. The number of aliphatic carboxylic acids is 1. The van der Waals surface area contributed by atoms with Crippen molar-refractivity contribution in [2.75, 3.05) is 6.61 Å². The SMILES string of the molecule is Cc1ccc2nc(Cl)c([C@H]3OC[C@@H](CC=CCCC(=O)O)[C@@H](c4ccccc4O)O3)cc2c1. The molecule has 0 aliphatic carbocycles. The van der Waals surface area contributed by atoms with Gasteiger partial charge in [-0.1, -0.05) is 53.6 Å². The van der Waals surface area contributed by atoms with Crippen LogP contribution in [0, 0.1) is 12.8 Å². The van der Waals surface area contributed by atoms with E-state index in [0.717, 1.165) is 16.5 Å². The maximum absolute atomic E-state index is 10.7. The lowest BCUT2D eigenvalue weighted by molar-refractivity contribution is -0.244. The molecule has 3 aromatic rings. The molecule has 0 spiro atoms. The number of aryl methyl sites for hydroxylation is 1. The summed E-state index contributed by atoms with van der Waals surface area (Å²) >= 11 is 6.50. The van der Waals surface area contributed by atoms with Crippen LogP contribution in [-0.4, -0.2) is 27.8 Å². The molecule has 0 saturated carbocycles. The number of pyridine rings is 1. The zero-order chi connectivity index (χ0) is 23.4. The van der Waals surface area contributed by atoms with Gasteiger partial charge in [0, 0.05) is 28.9 Å². The van der Waals surface area contributed by atoms with Crippen LogP contribution in [0.25, 0.3) is 10.9 Å². The third-order valence-electron chi connectivity index (χ3n) is 5.74. The van der Waals surface area contributed by atoms with E-state index in [1.54, 1.807) is 12.1 Å². The molecule has 1 saturated heterocycles. The van der Waals surface area contributed by atoms with Crippen LogP contribution < -0.4 is 0 Å². The molecule has 6 nitrogen and oxygen atoms in total. The Balaban J connectivity index is 1.60. The van der Waals surface area contributed by atoms with E-state index < -0.39 is 18.4 Å². The van der Waals surface area contributed by atoms with E-state index in [4.69, 9.17) is 26.2 Å². The number of carboxylic acids is 1. The number of aromatic nitrogens is 1. The molecule has 2 heterocycles. The number of rotatable bonds is 7. The Bertz CT molecular complexity index is 1180. The van der Waals surface area contributed by atoms with E-state index >= 15 is 0 Å². The number of para-hydroxylation sites is 1. The van der Waals surface area contributed by atoms with Crippen molar-refractivity contribution in [1.82, 2.24) is 4.98 Å². The minimum atomic E-state index is -0.824. The highest BCUT2D eigenvalue weighted by molar-refractivity contribution is 6.30. The number of allylic oxidation sites excluding steroid dienone is 2. The molecule has 0 amide bonds. The molecule has 1 aliphatic rings.